The topological polar surface area (TPSA) is 109 Å². The molecule has 1 saturated heterocycles. The number of nitriles is 1. The van der Waals surface area contributed by atoms with E-state index >= 15 is 0 Å². The Morgan fingerprint density at radius 1 is 1.09 bits per heavy atom. The second-order valence-corrected chi connectivity index (χ2v) is 11.0. The van der Waals surface area contributed by atoms with E-state index in [0.29, 0.717) is 65.0 Å². The molecule has 222 valence electrons. The van der Waals surface area contributed by atoms with Crippen molar-refractivity contribution in [3.63, 3.8) is 0 Å². The molecular formula is C30H26ClF3N6O3. The number of anilines is 1. The average Bonchev–Trinajstić information content (AvgIpc) is 3.75. The van der Waals surface area contributed by atoms with Crippen molar-refractivity contribution in [3.05, 3.63) is 88.3 Å². The predicted molar refractivity (Wildman–Crippen MR) is 150 cm³/mol. The lowest BCUT2D eigenvalue weighted by molar-refractivity contribution is -0.274. The Morgan fingerprint density at radius 3 is 2.56 bits per heavy atom. The molecule has 9 nitrogen and oxygen atoms in total. The molecule has 0 radical (unpaired) electrons. The molecule has 6 rings (SSSR count). The van der Waals surface area contributed by atoms with Crippen molar-refractivity contribution < 1.29 is 27.8 Å². The van der Waals surface area contributed by atoms with E-state index in [2.05, 4.69) is 26.1 Å². The number of pyridine rings is 1. The largest absolute Gasteiger partial charge is 0.573 e. The number of nitrogens with zero attached hydrogens (tertiary/aromatic N) is 6. The van der Waals surface area contributed by atoms with Crippen molar-refractivity contribution in [1.82, 2.24) is 20.0 Å². The maximum absolute atomic E-state index is 13.1. The highest BCUT2D eigenvalue weighted by Crippen LogP contribution is 2.42. The Kier molecular flexibility index (Phi) is 7.62. The number of halogens is 4. The molecule has 13 heteroatoms. The molecule has 2 aliphatic rings. The van der Waals surface area contributed by atoms with E-state index in [0.717, 1.165) is 12.8 Å². The normalized spacial score (nSPS) is 16.5. The Hall–Kier alpha value is -4.34. The zero-order valence-electron chi connectivity index (χ0n) is 22.8. The summed E-state index contributed by atoms with van der Waals surface area (Å²) < 4.78 is 50.8. The molecule has 4 aromatic rings. The summed E-state index contributed by atoms with van der Waals surface area (Å²) in [5, 5.41) is 29.4. The standard InChI is InChI=1S/C30H26ClF3N6O3/c31-23-16-21(7-8-22(23)29(41)10-13-39(14-11-29)27-15-19(17-35)9-12-36-27)42-18-25-28(20-5-6-20)37-38-40(25)24-3-1-2-4-26(24)43-30(32,33)34/h1-4,7-9,12,15-16,20,41H,5-6,10-11,13-14,18H2. The average molecular weight is 611 g/mol. The molecule has 0 amide bonds. The van der Waals surface area contributed by atoms with Gasteiger partial charge in [0.05, 0.1) is 28.0 Å². The minimum atomic E-state index is -4.87. The summed E-state index contributed by atoms with van der Waals surface area (Å²) >= 11 is 6.65. The Morgan fingerprint density at radius 2 is 1.86 bits per heavy atom. The van der Waals surface area contributed by atoms with Crippen LogP contribution in [0.25, 0.3) is 5.69 Å². The van der Waals surface area contributed by atoms with E-state index in [-0.39, 0.29) is 18.2 Å². The zero-order chi connectivity index (χ0) is 30.2. The van der Waals surface area contributed by atoms with Gasteiger partial charge in [-0.05, 0) is 62.1 Å². The van der Waals surface area contributed by atoms with Gasteiger partial charge in [0.15, 0.2) is 5.75 Å². The Bertz CT molecular complexity index is 1680. The highest BCUT2D eigenvalue weighted by molar-refractivity contribution is 6.31. The van der Waals surface area contributed by atoms with E-state index in [1.807, 2.05) is 4.90 Å². The van der Waals surface area contributed by atoms with Gasteiger partial charge in [-0.3, -0.25) is 0 Å². The summed E-state index contributed by atoms with van der Waals surface area (Å²) in [7, 11) is 0. The predicted octanol–water partition coefficient (Wildman–Crippen LogP) is 6.03. The van der Waals surface area contributed by atoms with Crippen molar-refractivity contribution >= 4 is 17.4 Å². The fourth-order valence-electron chi connectivity index (χ4n) is 5.31. The van der Waals surface area contributed by atoms with E-state index in [4.69, 9.17) is 16.3 Å². The number of para-hydroxylation sites is 2. The molecule has 1 N–H and O–H groups in total. The van der Waals surface area contributed by atoms with Gasteiger partial charge >= 0.3 is 6.36 Å². The first-order chi connectivity index (χ1) is 20.6. The number of rotatable bonds is 8. The first kappa shape index (κ1) is 28.8. The molecule has 1 aliphatic carbocycles. The number of aliphatic hydroxyl groups is 1. The van der Waals surface area contributed by atoms with Crippen LogP contribution in [-0.2, 0) is 12.2 Å². The maximum Gasteiger partial charge on any atom is 0.573 e. The van der Waals surface area contributed by atoms with Gasteiger partial charge in [-0.15, -0.1) is 18.3 Å². The summed E-state index contributed by atoms with van der Waals surface area (Å²) in [5.74, 6) is 0.861. The lowest BCUT2D eigenvalue weighted by atomic mass is 9.84. The molecule has 2 aromatic carbocycles. The number of ether oxygens (including phenoxy) is 2. The summed E-state index contributed by atoms with van der Waals surface area (Å²) in [6, 6.07) is 16.3. The zero-order valence-corrected chi connectivity index (χ0v) is 23.5. The van der Waals surface area contributed by atoms with Crippen molar-refractivity contribution in [2.24, 2.45) is 0 Å². The van der Waals surface area contributed by atoms with E-state index < -0.39 is 17.7 Å². The van der Waals surface area contributed by atoms with Gasteiger partial charge in [-0.1, -0.05) is 35.0 Å². The third kappa shape index (κ3) is 6.23. The lowest BCUT2D eigenvalue weighted by Crippen LogP contribution is -2.43. The van der Waals surface area contributed by atoms with Crippen molar-refractivity contribution in [3.8, 4) is 23.3 Å². The number of piperidine rings is 1. The van der Waals surface area contributed by atoms with Gasteiger partial charge in [0.2, 0.25) is 0 Å². The molecule has 1 saturated carbocycles. The monoisotopic (exact) mass is 610 g/mol. The van der Waals surface area contributed by atoms with Gasteiger partial charge in [0, 0.05) is 30.8 Å². The SMILES string of the molecule is N#Cc1ccnc(N2CCC(O)(c3ccc(OCc4c(C5CC5)nnn4-c4ccccc4OC(F)(F)F)cc3Cl)CC2)c1. The summed E-state index contributed by atoms with van der Waals surface area (Å²) in [4.78, 5) is 6.37. The minimum Gasteiger partial charge on any atom is -0.487 e. The third-order valence-electron chi connectivity index (χ3n) is 7.68. The second-order valence-electron chi connectivity index (χ2n) is 10.6. The number of aromatic nitrogens is 4. The smallest absolute Gasteiger partial charge is 0.487 e. The molecule has 0 atom stereocenters. The first-order valence-corrected chi connectivity index (χ1v) is 14.1. The summed E-state index contributed by atoms with van der Waals surface area (Å²) in [6.07, 6.45) is -0.659. The van der Waals surface area contributed by atoms with E-state index in [1.165, 1.54) is 22.9 Å². The minimum absolute atomic E-state index is 0.0250. The number of hydrogen-bond donors (Lipinski definition) is 1. The van der Waals surface area contributed by atoms with E-state index in [9.17, 15) is 23.5 Å². The van der Waals surface area contributed by atoms with Crippen molar-refractivity contribution in [1.29, 1.82) is 5.26 Å². The number of hydrogen-bond acceptors (Lipinski definition) is 8. The molecule has 3 heterocycles. The quantitative estimate of drug-likeness (QED) is 0.258. The van der Waals surface area contributed by atoms with Crippen LogP contribution < -0.4 is 14.4 Å². The van der Waals surface area contributed by atoms with Crippen LogP contribution in [0.3, 0.4) is 0 Å². The van der Waals surface area contributed by atoms with Crippen LogP contribution in [0.1, 0.15) is 54.1 Å². The number of alkyl halides is 3. The molecule has 2 fully saturated rings. The lowest BCUT2D eigenvalue weighted by Gasteiger charge is -2.39. The van der Waals surface area contributed by atoms with Crippen LogP contribution in [0.4, 0.5) is 19.0 Å². The highest BCUT2D eigenvalue weighted by Gasteiger charge is 2.37. The summed E-state index contributed by atoms with van der Waals surface area (Å²) in [5.41, 5.74) is 1.20. The molecule has 0 bridgehead atoms. The third-order valence-corrected chi connectivity index (χ3v) is 8.00. The van der Waals surface area contributed by atoms with Crippen LogP contribution in [0, 0.1) is 11.3 Å². The second kappa shape index (κ2) is 11.4. The Labute approximate surface area is 250 Å². The van der Waals surface area contributed by atoms with Gasteiger partial charge in [-0.25, -0.2) is 9.67 Å². The molecule has 0 unspecified atom stereocenters. The van der Waals surface area contributed by atoms with Crippen LogP contribution >= 0.6 is 11.6 Å². The van der Waals surface area contributed by atoms with Crippen LogP contribution in [0.5, 0.6) is 11.5 Å². The van der Waals surface area contributed by atoms with Crippen molar-refractivity contribution in [2.45, 2.75) is 50.2 Å². The molecule has 2 aromatic heterocycles. The van der Waals surface area contributed by atoms with Crippen LogP contribution in [0.2, 0.25) is 5.02 Å². The van der Waals surface area contributed by atoms with Gasteiger partial charge in [-0.2, -0.15) is 5.26 Å². The molecule has 43 heavy (non-hydrogen) atoms. The van der Waals surface area contributed by atoms with Gasteiger partial charge in [0.25, 0.3) is 0 Å². The van der Waals surface area contributed by atoms with E-state index in [1.54, 1.807) is 42.6 Å². The fourth-order valence-corrected chi connectivity index (χ4v) is 5.66. The highest BCUT2D eigenvalue weighted by atomic mass is 35.5. The molecule has 0 spiro atoms. The molecular weight excluding hydrogens is 585 g/mol. The van der Waals surface area contributed by atoms with Crippen LogP contribution in [0.15, 0.2) is 60.8 Å². The molecule has 1 aliphatic heterocycles. The summed E-state index contributed by atoms with van der Waals surface area (Å²) in [6.45, 7) is 1.02. The van der Waals surface area contributed by atoms with Crippen LogP contribution in [-0.4, -0.2) is 44.5 Å². The van der Waals surface area contributed by atoms with Gasteiger partial charge < -0.3 is 19.5 Å². The fraction of sp³-hybridized carbons (Fsp3) is 0.333. The first-order valence-electron chi connectivity index (χ1n) is 13.7. The van der Waals surface area contributed by atoms with Gasteiger partial charge in [0.1, 0.15) is 29.6 Å². The Balaban J connectivity index is 1.18. The number of benzene rings is 2. The van der Waals surface area contributed by atoms with Crippen molar-refractivity contribution in [2.75, 3.05) is 18.0 Å². The maximum atomic E-state index is 13.1.